The van der Waals surface area contributed by atoms with Crippen molar-refractivity contribution in [2.24, 2.45) is 0 Å². The molecule has 4 heteroatoms. The smallest absolute Gasteiger partial charge is 0.288 e. The maximum atomic E-state index is 11.7. The highest BCUT2D eigenvalue weighted by Gasteiger charge is 2.04. The van der Waals surface area contributed by atoms with Gasteiger partial charge in [-0.15, -0.1) is 11.6 Å². The Balaban J connectivity index is 2.31. The van der Waals surface area contributed by atoms with Crippen LogP contribution in [0.5, 0.6) is 5.95 Å². The van der Waals surface area contributed by atoms with Gasteiger partial charge in [-0.1, -0.05) is 12.1 Å². The molecule has 0 aliphatic rings. The normalized spacial score (nSPS) is 10.6. The summed E-state index contributed by atoms with van der Waals surface area (Å²) in [6, 6.07) is 8.44. The van der Waals surface area contributed by atoms with Gasteiger partial charge in [-0.05, 0) is 18.6 Å². The minimum Gasteiger partial charge on any atom is -0.465 e. The molecule has 0 aliphatic heterocycles. The zero-order valence-corrected chi connectivity index (χ0v) is 9.37. The molecule has 0 radical (unpaired) electrons. The van der Waals surface area contributed by atoms with E-state index in [2.05, 4.69) is 0 Å². The van der Waals surface area contributed by atoms with Gasteiger partial charge in [0.25, 0.3) is 5.95 Å². The molecule has 0 spiro atoms. The molecule has 0 saturated carbocycles. The average Bonchev–Trinajstić information content (AvgIpc) is 2.30. The van der Waals surface area contributed by atoms with E-state index < -0.39 is 0 Å². The molecular formula is C12H11ClO3. The molecule has 0 unspecified atom stereocenters. The Hall–Kier alpha value is -1.48. The highest BCUT2D eigenvalue weighted by molar-refractivity contribution is 6.17. The van der Waals surface area contributed by atoms with Crippen LogP contribution in [-0.2, 0) is 0 Å². The molecule has 2 aromatic rings. The molecule has 3 nitrogen and oxygen atoms in total. The monoisotopic (exact) mass is 238 g/mol. The molecule has 16 heavy (non-hydrogen) atoms. The minimum absolute atomic E-state index is 0.0947. The lowest BCUT2D eigenvalue weighted by molar-refractivity contribution is 0.246. The van der Waals surface area contributed by atoms with Gasteiger partial charge < -0.3 is 9.15 Å². The number of ether oxygens (including phenoxy) is 1. The third-order valence-electron chi connectivity index (χ3n) is 2.13. The van der Waals surface area contributed by atoms with E-state index in [0.29, 0.717) is 23.5 Å². The van der Waals surface area contributed by atoms with Gasteiger partial charge in [0.15, 0.2) is 5.43 Å². The summed E-state index contributed by atoms with van der Waals surface area (Å²) in [6.07, 6.45) is 0.720. The lowest BCUT2D eigenvalue weighted by Gasteiger charge is -2.04. The van der Waals surface area contributed by atoms with Crippen LogP contribution in [0.1, 0.15) is 6.42 Å². The number of hydrogen-bond acceptors (Lipinski definition) is 3. The van der Waals surface area contributed by atoms with E-state index in [4.69, 9.17) is 20.8 Å². The van der Waals surface area contributed by atoms with Crippen LogP contribution in [0.2, 0.25) is 0 Å². The molecule has 0 amide bonds. The van der Waals surface area contributed by atoms with Crippen LogP contribution in [0, 0.1) is 0 Å². The molecule has 1 heterocycles. The lowest BCUT2D eigenvalue weighted by atomic mass is 10.2. The Morgan fingerprint density at radius 1 is 1.31 bits per heavy atom. The summed E-state index contributed by atoms with van der Waals surface area (Å²) in [5, 5.41) is 0.562. The first kappa shape index (κ1) is 11.0. The number of alkyl halides is 1. The summed E-state index contributed by atoms with van der Waals surface area (Å²) in [4.78, 5) is 11.7. The third-order valence-corrected chi connectivity index (χ3v) is 2.40. The minimum atomic E-state index is -0.0947. The fourth-order valence-corrected chi connectivity index (χ4v) is 1.49. The van der Waals surface area contributed by atoms with E-state index >= 15 is 0 Å². The second kappa shape index (κ2) is 5.03. The largest absolute Gasteiger partial charge is 0.465 e. The van der Waals surface area contributed by atoms with Crippen molar-refractivity contribution < 1.29 is 9.15 Å². The summed E-state index contributed by atoms with van der Waals surface area (Å²) in [7, 11) is 0. The first-order valence-electron chi connectivity index (χ1n) is 5.03. The maximum absolute atomic E-state index is 11.7. The standard InChI is InChI=1S/C12H11ClO3/c13-6-3-7-15-12-8-10(14)9-4-1-2-5-11(9)16-12/h1-2,4-5,8H,3,6-7H2. The van der Waals surface area contributed by atoms with E-state index in [1.807, 2.05) is 6.07 Å². The van der Waals surface area contributed by atoms with Crippen LogP contribution in [-0.4, -0.2) is 12.5 Å². The van der Waals surface area contributed by atoms with E-state index in [-0.39, 0.29) is 11.4 Å². The first-order valence-corrected chi connectivity index (χ1v) is 5.56. The summed E-state index contributed by atoms with van der Waals surface area (Å²) in [6.45, 7) is 0.449. The van der Waals surface area contributed by atoms with E-state index in [0.717, 1.165) is 6.42 Å². The van der Waals surface area contributed by atoms with Crippen molar-refractivity contribution in [3.8, 4) is 5.95 Å². The van der Waals surface area contributed by atoms with Crippen LogP contribution in [0.4, 0.5) is 0 Å². The summed E-state index contributed by atoms with van der Waals surface area (Å²) < 4.78 is 10.7. The molecule has 0 fully saturated rings. The van der Waals surface area contributed by atoms with Crippen molar-refractivity contribution in [2.75, 3.05) is 12.5 Å². The zero-order chi connectivity index (χ0) is 11.4. The number of para-hydroxylation sites is 1. The van der Waals surface area contributed by atoms with E-state index in [1.165, 1.54) is 6.07 Å². The Kier molecular flexibility index (Phi) is 3.47. The number of benzene rings is 1. The van der Waals surface area contributed by atoms with Crippen molar-refractivity contribution in [1.82, 2.24) is 0 Å². The summed E-state index contributed by atoms with van der Waals surface area (Å²) >= 11 is 5.52. The number of rotatable bonds is 4. The fourth-order valence-electron chi connectivity index (χ4n) is 1.38. The Bertz CT molecular complexity index is 533. The van der Waals surface area contributed by atoms with Crippen molar-refractivity contribution >= 4 is 22.6 Å². The van der Waals surface area contributed by atoms with Gasteiger partial charge in [-0.3, -0.25) is 4.79 Å². The molecule has 0 bridgehead atoms. The van der Waals surface area contributed by atoms with Crippen LogP contribution in [0.15, 0.2) is 39.5 Å². The van der Waals surface area contributed by atoms with Crippen molar-refractivity contribution in [2.45, 2.75) is 6.42 Å². The second-order valence-corrected chi connectivity index (χ2v) is 3.69. The zero-order valence-electron chi connectivity index (χ0n) is 8.61. The number of halogens is 1. The highest BCUT2D eigenvalue weighted by atomic mass is 35.5. The molecular weight excluding hydrogens is 228 g/mol. The Morgan fingerprint density at radius 3 is 2.94 bits per heavy atom. The number of hydrogen-bond donors (Lipinski definition) is 0. The Labute approximate surface area is 97.6 Å². The topological polar surface area (TPSA) is 39.4 Å². The third kappa shape index (κ3) is 2.36. The predicted octanol–water partition coefficient (Wildman–Crippen LogP) is 2.80. The van der Waals surface area contributed by atoms with Gasteiger partial charge in [0.2, 0.25) is 0 Å². The van der Waals surface area contributed by atoms with Gasteiger partial charge in [0.1, 0.15) is 5.58 Å². The van der Waals surface area contributed by atoms with Crippen molar-refractivity contribution in [3.05, 3.63) is 40.6 Å². The number of fused-ring (bicyclic) bond motifs is 1. The quantitative estimate of drug-likeness (QED) is 0.607. The van der Waals surface area contributed by atoms with Crippen LogP contribution < -0.4 is 10.2 Å². The van der Waals surface area contributed by atoms with Gasteiger partial charge >= 0.3 is 0 Å². The Morgan fingerprint density at radius 2 is 2.12 bits per heavy atom. The molecule has 1 aromatic heterocycles. The van der Waals surface area contributed by atoms with Crippen LogP contribution in [0.25, 0.3) is 11.0 Å². The van der Waals surface area contributed by atoms with E-state index in [1.54, 1.807) is 18.2 Å². The summed E-state index contributed by atoms with van der Waals surface area (Å²) in [5.74, 6) is 0.770. The first-order chi connectivity index (χ1) is 7.81. The van der Waals surface area contributed by atoms with Gasteiger partial charge in [-0.25, -0.2) is 0 Å². The SMILES string of the molecule is O=c1cc(OCCCCl)oc2ccccc12. The second-order valence-electron chi connectivity index (χ2n) is 3.32. The van der Waals surface area contributed by atoms with Crippen molar-refractivity contribution in [3.63, 3.8) is 0 Å². The maximum Gasteiger partial charge on any atom is 0.288 e. The van der Waals surface area contributed by atoms with Crippen LogP contribution >= 0.6 is 11.6 Å². The van der Waals surface area contributed by atoms with Crippen molar-refractivity contribution in [1.29, 1.82) is 0 Å². The van der Waals surface area contributed by atoms with Gasteiger partial charge in [0, 0.05) is 5.88 Å². The molecule has 84 valence electrons. The molecule has 0 N–H and O–H groups in total. The molecule has 1 aromatic carbocycles. The molecule has 0 atom stereocenters. The predicted molar refractivity (Wildman–Crippen MR) is 63.3 cm³/mol. The molecule has 2 rings (SSSR count). The molecule has 0 saturated heterocycles. The van der Waals surface area contributed by atoms with Gasteiger partial charge in [0.05, 0.1) is 18.1 Å². The average molecular weight is 239 g/mol. The fraction of sp³-hybridized carbons (Fsp3) is 0.250. The van der Waals surface area contributed by atoms with Gasteiger partial charge in [-0.2, -0.15) is 0 Å². The molecule has 0 aliphatic carbocycles. The lowest BCUT2D eigenvalue weighted by Crippen LogP contribution is -2.03. The van der Waals surface area contributed by atoms with Crippen LogP contribution in [0.3, 0.4) is 0 Å². The highest BCUT2D eigenvalue weighted by Crippen LogP contribution is 2.16. The summed E-state index contributed by atoms with van der Waals surface area (Å²) in [5.41, 5.74) is 0.443. The van der Waals surface area contributed by atoms with E-state index in [9.17, 15) is 4.79 Å².